The Hall–Kier alpha value is -1.02. The van der Waals surface area contributed by atoms with Crippen molar-refractivity contribution in [2.75, 3.05) is 13.2 Å². The molecule has 1 unspecified atom stereocenters. The molecular formula is C15H25NO. The average Bonchev–Trinajstić information content (AvgIpc) is 2.29. The molecule has 1 aromatic rings. The highest BCUT2D eigenvalue weighted by Gasteiger charge is 2.13. The van der Waals surface area contributed by atoms with Gasteiger partial charge in [0.15, 0.2) is 0 Å². The van der Waals surface area contributed by atoms with E-state index in [9.17, 15) is 0 Å². The highest BCUT2D eigenvalue weighted by atomic mass is 16.5. The maximum atomic E-state index is 5.93. The summed E-state index contributed by atoms with van der Waals surface area (Å²) in [5.74, 6) is 1.59. The van der Waals surface area contributed by atoms with Crippen molar-refractivity contribution in [3.63, 3.8) is 0 Å². The van der Waals surface area contributed by atoms with Gasteiger partial charge in [-0.3, -0.25) is 0 Å². The van der Waals surface area contributed by atoms with E-state index in [1.807, 2.05) is 6.07 Å². The fraction of sp³-hybridized carbons (Fsp3) is 0.600. The second kappa shape index (κ2) is 6.65. The quantitative estimate of drug-likeness (QED) is 0.816. The molecule has 0 saturated heterocycles. The third kappa shape index (κ3) is 4.04. The molecule has 0 aliphatic rings. The molecule has 0 heterocycles. The van der Waals surface area contributed by atoms with Gasteiger partial charge in [0, 0.05) is 6.04 Å². The maximum Gasteiger partial charge on any atom is 0.122 e. The van der Waals surface area contributed by atoms with E-state index >= 15 is 0 Å². The lowest BCUT2D eigenvalue weighted by Crippen LogP contribution is -2.38. The van der Waals surface area contributed by atoms with Gasteiger partial charge in [-0.1, -0.05) is 32.9 Å². The second-order valence-corrected chi connectivity index (χ2v) is 4.92. The normalized spacial score (nSPS) is 12.8. The van der Waals surface area contributed by atoms with Crippen LogP contribution in [0.15, 0.2) is 18.2 Å². The topological polar surface area (TPSA) is 21.3 Å². The molecule has 0 saturated carbocycles. The average molecular weight is 235 g/mol. The first-order valence-electron chi connectivity index (χ1n) is 6.48. The van der Waals surface area contributed by atoms with E-state index in [2.05, 4.69) is 52.1 Å². The summed E-state index contributed by atoms with van der Waals surface area (Å²) in [6, 6.07) is 6.63. The number of ether oxygens (including phenoxy) is 1. The van der Waals surface area contributed by atoms with Gasteiger partial charge in [0.05, 0.1) is 0 Å². The van der Waals surface area contributed by atoms with Crippen LogP contribution in [0.1, 0.15) is 31.9 Å². The molecule has 0 bridgehead atoms. The zero-order valence-electron chi connectivity index (χ0n) is 11.7. The van der Waals surface area contributed by atoms with Crippen molar-refractivity contribution < 1.29 is 4.74 Å². The summed E-state index contributed by atoms with van der Waals surface area (Å²) < 4.78 is 5.93. The van der Waals surface area contributed by atoms with Crippen LogP contribution in [0.2, 0.25) is 0 Å². The van der Waals surface area contributed by atoms with Crippen molar-refractivity contribution in [1.82, 2.24) is 5.32 Å². The Balaban J connectivity index is 2.62. The Morgan fingerprint density at radius 2 is 1.94 bits per heavy atom. The Morgan fingerprint density at radius 1 is 1.24 bits per heavy atom. The number of hydrogen-bond donors (Lipinski definition) is 1. The largest absolute Gasteiger partial charge is 0.492 e. The fourth-order valence-electron chi connectivity index (χ4n) is 1.81. The summed E-state index contributed by atoms with van der Waals surface area (Å²) >= 11 is 0. The molecule has 0 aliphatic carbocycles. The van der Waals surface area contributed by atoms with Crippen LogP contribution in [0.3, 0.4) is 0 Å². The van der Waals surface area contributed by atoms with Crippen LogP contribution >= 0.6 is 0 Å². The first kappa shape index (κ1) is 14.0. The Labute approximate surface area is 105 Å². The number of hydrogen-bond acceptors (Lipinski definition) is 2. The third-order valence-electron chi connectivity index (χ3n) is 3.24. The molecule has 1 atom stereocenters. The van der Waals surface area contributed by atoms with Gasteiger partial charge >= 0.3 is 0 Å². The van der Waals surface area contributed by atoms with Gasteiger partial charge in [-0.2, -0.15) is 0 Å². The zero-order chi connectivity index (χ0) is 12.8. The van der Waals surface area contributed by atoms with Crippen LogP contribution in [0.4, 0.5) is 0 Å². The standard InChI is InChI=1S/C15H25NO/c1-6-16-14(11(2)3)10-17-15-9-7-8-12(4)13(15)5/h7-9,11,14,16H,6,10H2,1-5H3. The summed E-state index contributed by atoms with van der Waals surface area (Å²) in [5, 5.41) is 3.46. The predicted octanol–water partition coefficient (Wildman–Crippen LogP) is 3.32. The summed E-state index contributed by atoms with van der Waals surface area (Å²) in [6.45, 7) is 12.5. The highest BCUT2D eigenvalue weighted by molar-refractivity contribution is 5.38. The summed E-state index contributed by atoms with van der Waals surface area (Å²) in [7, 11) is 0. The van der Waals surface area contributed by atoms with Gasteiger partial charge in [-0.25, -0.2) is 0 Å². The van der Waals surface area contributed by atoms with Crippen LogP contribution in [0.5, 0.6) is 5.75 Å². The molecule has 0 fully saturated rings. The number of aryl methyl sites for hydroxylation is 1. The van der Waals surface area contributed by atoms with Gasteiger partial charge in [-0.05, 0) is 43.5 Å². The summed E-state index contributed by atoms with van der Waals surface area (Å²) in [4.78, 5) is 0. The molecule has 0 amide bonds. The molecule has 0 aromatic heterocycles. The third-order valence-corrected chi connectivity index (χ3v) is 3.24. The lowest BCUT2D eigenvalue weighted by Gasteiger charge is -2.22. The van der Waals surface area contributed by atoms with Crippen molar-refractivity contribution in [2.45, 2.75) is 40.7 Å². The first-order valence-corrected chi connectivity index (χ1v) is 6.48. The van der Waals surface area contributed by atoms with Crippen LogP contribution in [0, 0.1) is 19.8 Å². The molecule has 2 heteroatoms. The molecular weight excluding hydrogens is 210 g/mol. The number of rotatable bonds is 6. The molecule has 1 N–H and O–H groups in total. The van der Waals surface area contributed by atoms with Crippen molar-refractivity contribution in [1.29, 1.82) is 0 Å². The summed E-state index contributed by atoms with van der Waals surface area (Å²) in [6.07, 6.45) is 0. The number of likely N-dealkylation sites (N-methyl/N-ethyl adjacent to an activating group) is 1. The van der Waals surface area contributed by atoms with E-state index in [0.717, 1.165) is 18.9 Å². The van der Waals surface area contributed by atoms with Crippen molar-refractivity contribution in [3.05, 3.63) is 29.3 Å². The predicted molar refractivity (Wildman–Crippen MR) is 73.7 cm³/mol. The molecule has 96 valence electrons. The number of nitrogens with one attached hydrogen (secondary N) is 1. The van der Waals surface area contributed by atoms with Crippen molar-refractivity contribution in [3.8, 4) is 5.75 Å². The minimum Gasteiger partial charge on any atom is -0.492 e. The molecule has 0 spiro atoms. The highest BCUT2D eigenvalue weighted by Crippen LogP contribution is 2.21. The van der Waals surface area contributed by atoms with Gasteiger partial charge < -0.3 is 10.1 Å². The fourth-order valence-corrected chi connectivity index (χ4v) is 1.81. The van der Waals surface area contributed by atoms with Crippen LogP contribution in [-0.2, 0) is 0 Å². The van der Waals surface area contributed by atoms with Crippen LogP contribution in [-0.4, -0.2) is 19.2 Å². The van der Waals surface area contributed by atoms with Crippen molar-refractivity contribution in [2.24, 2.45) is 5.92 Å². The molecule has 1 rings (SSSR count). The van der Waals surface area contributed by atoms with Gasteiger partial charge in [0.25, 0.3) is 0 Å². The minimum atomic E-state index is 0.417. The van der Waals surface area contributed by atoms with Crippen LogP contribution < -0.4 is 10.1 Å². The van der Waals surface area contributed by atoms with E-state index < -0.39 is 0 Å². The maximum absolute atomic E-state index is 5.93. The SMILES string of the molecule is CCNC(COc1cccc(C)c1C)C(C)C. The molecule has 2 nitrogen and oxygen atoms in total. The van der Waals surface area contributed by atoms with E-state index in [0.29, 0.717) is 12.0 Å². The van der Waals surface area contributed by atoms with E-state index in [-0.39, 0.29) is 0 Å². The van der Waals surface area contributed by atoms with Crippen LogP contribution in [0.25, 0.3) is 0 Å². The molecule has 17 heavy (non-hydrogen) atoms. The Morgan fingerprint density at radius 3 is 2.53 bits per heavy atom. The van der Waals surface area contributed by atoms with Gasteiger partial charge in [-0.15, -0.1) is 0 Å². The smallest absolute Gasteiger partial charge is 0.122 e. The van der Waals surface area contributed by atoms with Gasteiger partial charge in [0.2, 0.25) is 0 Å². The minimum absolute atomic E-state index is 0.417. The molecule has 1 aromatic carbocycles. The monoisotopic (exact) mass is 235 g/mol. The lowest BCUT2D eigenvalue weighted by molar-refractivity contribution is 0.231. The Kier molecular flexibility index (Phi) is 5.49. The number of benzene rings is 1. The van der Waals surface area contributed by atoms with Gasteiger partial charge in [0.1, 0.15) is 12.4 Å². The molecule has 0 radical (unpaired) electrons. The van der Waals surface area contributed by atoms with Crippen molar-refractivity contribution >= 4 is 0 Å². The second-order valence-electron chi connectivity index (χ2n) is 4.92. The van der Waals surface area contributed by atoms with E-state index in [1.54, 1.807) is 0 Å². The lowest BCUT2D eigenvalue weighted by atomic mass is 10.1. The van der Waals surface area contributed by atoms with E-state index in [1.165, 1.54) is 11.1 Å². The van der Waals surface area contributed by atoms with E-state index in [4.69, 9.17) is 4.74 Å². The summed E-state index contributed by atoms with van der Waals surface area (Å²) in [5.41, 5.74) is 2.53. The zero-order valence-corrected chi connectivity index (χ0v) is 11.7. The molecule has 0 aliphatic heterocycles. The Bertz CT molecular complexity index is 347. The first-order chi connectivity index (χ1) is 8.06.